The number of hydrogen-bond donors (Lipinski definition) is 1. The van der Waals surface area contributed by atoms with Crippen molar-refractivity contribution in [1.82, 2.24) is 20.0 Å². The standard InChI is InChI=1S/C21H34N6O2/c28-17-16-24-8-10-25(11-9-24)19-6-7-20(23-22-19)26-12-14-27(15-13-26)21(29)18-4-2-1-3-5-18/h6-7,18,28H,1-5,8-17H2. The second kappa shape index (κ2) is 9.71. The molecule has 2 saturated heterocycles. The van der Waals surface area contributed by atoms with E-state index in [1.54, 1.807) is 0 Å². The molecule has 0 spiro atoms. The average molecular weight is 403 g/mol. The lowest BCUT2D eigenvalue weighted by molar-refractivity contribution is -0.136. The molecule has 0 radical (unpaired) electrons. The molecule has 1 N–H and O–H groups in total. The van der Waals surface area contributed by atoms with Crippen LogP contribution in [0.4, 0.5) is 11.6 Å². The van der Waals surface area contributed by atoms with Crippen LogP contribution in [0, 0.1) is 5.92 Å². The molecule has 1 aromatic rings. The normalized spacial score (nSPS) is 22.2. The van der Waals surface area contributed by atoms with E-state index < -0.39 is 0 Å². The highest BCUT2D eigenvalue weighted by atomic mass is 16.3. The van der Waals surface area contributed by atoms with Gasteiger partial charge in [0.05, 0.1) is 6.61 Å². The zero-order valence-electron chi connectivity index (χ0n) is 17.4. The van der Waals surface area contributed by atoms with Crippen molar-refractivity contribution in [2.45, 2.75) is 32.1 Å². The smallest absolute Gasteiger partial charge is 0.225 e. The van der Waals surface area contributed by atoms with E-state index >= 15 is 0 Å². The van der Waals surface area contributed by atoms with Crippen molar-refractivity contribution in [3.05, 3.63) is 12.1 Å². The molecule has 0 aromatic carbocycles. The number of hydrogen-bond acceptors (Lipinski definition) is 7. The lowest BCUT2D eigenvalue weighted by Crippen LogP contribution is -2.51. The summed E-state index contributed by atoms with van der Waals surface area (Å²) in [5.74, 6) is 2.44. The van der Waals surface area contributed by atoms with Gasteiger partial charge in [0.25, 0.3) is 0 Å². The Bertz CT molecular complexity index is 648. The van der Waals surface area contributed by atoms with Gasteiger partial charge in [0.15, 0.2) is 11.6 Å². The summed E-state index contributed by atoms with van der Waals surface area (Å²) in [7, 11) is 0. The lowest BCUT2D eigenvalue weighted by Gasteiger charge is -2.37. The summed E-state index contributed by atoms with van der Waals surface area (Å²) >= 11 is 0. The van der Waals surface area contributed by atoms with Crippen LogP contribution in [0.25, 0.3) is 0 Å². The van der Waals surface area contributed by atoms with Crippen LogP contribution in [0.1, 0.15) is 32.1 Å². The number of β-amino-alcohol motifs (C(OH)–C–C–N with tert-alkyl or cyclic N) is 1. The van der Waals surface area contributed by atoms with E-state index in [1.165, 1.54) is 19.3 Å². The van der Waals surface area contributed by atoms with Gasteiger partial charge < -0.3 is 19.8 Å². The largest absolute Gasteiger partial charge is 0.395 e. The summed E-state index contributed by atoms with van der Waals surface area (Å²) in [6.45, 7) is 7.89. The number of anilines is 2. The van der Waals surface area contributed by atoms with E-state index in [2.05, 4.69) is 41.9 Å². The molecule has 0 atom stereocenters. The number of carbonyl (C=O) groups excluding carboxylic acids is 1. The quantitative estimate of drug-likeness (QED) is 0.781. The van der Waals surface area contributed by atoms with Crippen LogP contribution in [0.5, 0.6) is 0 Å². The fourth-order valence-corrected chi connectivity index (χ4v) is 4.76. The Balaban J connectivity index is 1.26. The summed E-state index contributed by atoms with van der Waals surface area (Å²) in [6, 6.07) is 4.12. The molecule has 1 saturated carbocycles. The number of rotatable bonds is 5. The minimum absolute atomic E-state index is 0.216. The van der Waals surface area contributed by atoms with Gasteiger partial charge in [0, 0.05) is 64.8 Å². The molecule has 2 aliphatic heterocycles. The Hall–Kier alpha value is -1.93. The van der Waals surface area contributed by atoms with Crippen molar-refractivity contribution < 1.29 is 9.90 Å². The van der Waals surface area contributed by atoms with Crippen molar-refractivity contribution in [2.24, 2.45) is 5.92 Å². The number of aliphatic hydroxyl groups excluding tert-OH is 1. The first-order chi connectivity index (χ1) is 14.2. The van der Waals surface area contributed by atoms with Crippen LogP contribution in [-0.4, -0.2) is 96.5 Å². The Kier molecular flexibility index (Phi) is 6.82. The third-order valence-electron chi connectivity index (χ3n) is 6.62. The van der Waals surface area contributed by atoms with E-state index in [1.807, 2.05) is 0 Å². The Morgan fingerprint density at radius 1 is 0.862 bits per heavy atom. The second-order valence-corrected chi connectivity index (χ2v) is 8.45. The molecule has 1 amide bonds. The molecule has 1 aliphatic carbocycles. The minimum atomic E-state index is 0.216. The van der Waals surface area contributed by atoms with Crippen molar-refractivity contribution in [3.63, 3.8) is 0 Å². The summed E-state index contributed by atoms with van der Waals surface area (Å²) in [5.41, 5.74) is 0. The fourth-order valence-electron chi connectivity index (χ4n) is 4.76. The van der Waals surface area contributed by atoms with E-state index in [9.17, 15) is 4.79 Å². The van der Waals surface area contributed by atoms with Gasteiger partial charge >= 0.3 is 0 Å². The van der Waals surface area contributed by atoms with E-state index in [4.69, 9.17) is 5.11 Å². The monoisotopic (exact) mass is 402 g/mol. The number of piperazine rings is 2. The van der Waals surface area contributed by atoms with Gasteiger partial charge in [-0.2, -0.15) is 0 Å². The van der Waals surface area contributed by atoms with E-state index in [0.29, 0.717) is 5.91 Å². The fraction of sp³-hybridized carbons (Fsp3) is 0.762. The SMILES string of the molecule is O=C(C1CCCCC1)N1CCN(c2ccc(N3CCN(CCO)CC3)nn2)CC1. The van der Waals surface area contributed by atoms with E-state index in [-0.39, 0.29) is 12.5 Å². The highest BCUT2D eigenvalue weighted by molar-refractivity contribution is 5.79. The first-order valence-electron chi connectivity index (χ1n) is 11.2. The molecule has 3 fully saturated rings. The highest BCUT2D eigenvalue weighted by Crippen LogP contribution is 2.26. The van der Waals surface area contributed by atoms with Crippen LogP contribution in [-0.2, 0) is 4.79 Å². The van der Waals surface area contributed by atoms with Crippen molar-refractivity contribution in [1.29, 1.82) is 0 Å². The maximum absolute atomic E-state index is 12.7. The van der Waals surface area contributed by atoms with E-state index in [0.717, 1.165) is 83.4 Å². The number of aromatic nitrogens is 2. The van der Waals surface area contributed by atoms with Crippen molar-refractivity contribution in [2.75, 3.05) is 75.3 Å². The molecule has 3 aliphatic rings. The van der Waals surface area contributed by atoms with Crippen LogP contribution >= 0.6 is 0 Å². The molecule has 29 heavy (non-hydrogen) atoms. The molecule has 0 bridgehead atoms. The number of aliphatic hydroxyl groups is 1. The molecule has 0 unspecified atom stereocenters. The molecular formula is C21H34N6O2. The Labute approximate surface area is 173 Å². The van der Waals surface area contributed by atoms with Gasteiger partial charge in [-0.25, -0.2) is 0 Å². The van der Waals surface area contributed by atoms with Crippen LogP contribution in [0.15, 0.2) is 12.1 Å². The third kappa shape index (κ3) is 4.98. The minimum Gasteiger partial charge on any atom is -0.395 e. The number of amides is 1. The molecule has 3 heterocycles. The van der Waals surface area contributed by atoms with Crippen molar-refractivity contribution >= 4 is 17.5 Å². The molecular weight excluding hydrogens is 368 g/mol. The third-order valence-corrected chi connectivity index (χ3v) is 6.62. The maximum atomic E-state index is 12.7. The van der Waals surface area contributed by atoms with Gasteiger partial charge in [-0.3, -0.25) is 9.69 Å². The van der Waals surface area contributed by atoms with Crippen LogP contribution < -0.4 is 9.80 Å². The average Bonchev–Trinajstić information content (AvgIpc) is 2.80. The number of carbonyl (C=O) groups is 1. The Morgan fingerprint density at radius 2 is 1.41 bits per heavy atom. The Morgan fingerprint density at radius 3 is 1.93 bits per heavy atom. The molecule has 8 heteroatoms. The maximum Gasteiger partial charge on any atom is 0.225 e. The van der Waals surface area contributed by atoms with Gasteiger partial charge in [-0.15, -0.1) is 10.2 Å². The van der Waals surface area contributed by atoms with Gasteiger partial charge in [0.1, 0.15) is 0 Å². The predicted octanol–water partition coefficient (Wildman–Crippen LogP) is 0.820. The molecule has 4 rings (SSSR count). The zero-order chi connectivity index (χ0) is 20.1. The second-order valence-electron chi connectivity index (χ2n) is 8.45. The van der Waals surface area contributed by atoms with Crippen LogP contribution in [0.2, 0.25) is 0 Å². The first kappa shape index (κ1) is 20.3. The van der Waals surface area contributed by atoms with Gasteiger partial charge in [0.2, 0.25) is 5.91 Å². The molecule has 8 nitrogen and oxygen atoms in total. The van der Waals surface area contributed by atoms with Gasteiger partial charge in [-0.1, -0.05) is 19.3 Å². The van der Waals surface area contributed by atoms with Crippen LogP contribution in [0.3, 0.4) is 0 Å². The summed E-state index contributed by atoms with van der Waals surface area (Å²) in [5, 5.41) is 18.0. The number of nitrogens with zero attached hydrogens (tertiary/aromatic N) is 6. The molecule has 1 aromatic heterocycles. The predicted molar refractivity (Wildman–Crippen MR) is 113 cm³/mol. The summed E-state index contributed by atoms with van der Waals surface area (Å²) < 4.78 is 0. The lowest BCUT2D eigenvalue weighted by atomic mass is 9.88. The summed E-state index contributed by atoms with van der Waals surface area (Å²) in [4.78, 5) is 21.6. The zero-order valence-corrected chi connectivity index (χ0v) is 17.4. The summed E-state index contributed by atoms with van der Waals surface area (Å²) in [6.07, 6.45) is 5.83. The molecule has 160 valence electrons. The highest BCUT2D eigenvalue weighted by Gasteiger charge is 2.29. The van der Waals surface area contributed by atoms with Gasteiger partial charge in [-0.05, 0) is 25.0 Å². The first-order valence-corrected chi connectivity index (χ1v) is 11.2. The topological polar surface area (TPSA) is 76.0 Å². The van der Waals surface area contributed by atoms with Crippen molar-refractivity contribution in [3.8, 4) is 0 Å².